The Hall–Kier alpha value is -3.50. The van der Waals surface area contributed by atoms with Crippen molar-refractivity contribution in [1.82, 2.24) is 25.6 Å². The molecule has 166 valence electrons. The van der Waals surface area contributed by atoms with Crippen LogP contribution in [0.25, 0.3) is 11.0 Å². The molecule has 0 saturated carbocycles. The fourth-order valence-corrected chi connectivity index (χ4v) is 3.74. The maximum Gasteiger partial charge on any atom is 0.268 e. The summed E-state index contributed by atoms with van der Waals surface area (Å²) in [6.45, 7) is 6.30. The molecule has 2 aromatic heterocycles. The molecule has 1 amide bonds. The van der Waals surface area contributed by atoms with Gasteiger partial charge in [-0.1, -0.05) is 29.8 Å². The van der Waals surface area contributed by atoms with E-state index < -0.39 is 0 Å². The molecule has 0 bridgehead atoms. The predicted molar refractivity (Wildman–Crippen MR) is 123 cm³/mol. The van der Waals surface area contributed by atoms with E-state index in [1.54, 1.807) is 12.3 Å². The first-order valence-corrected chi connectivity index (χ1v) is 10.8. The lowest BCUT2D eigenvalue weighted by Gasteiger charge is -2.28. The minimum atomic E-state index is -0.144. The Morgan fingerprint density at radius 1 is 1.25 bits per heavy atom. The number of hydrogen-bond acceptors (Lipinski definition) is 8. The van der Waals surface area contributed by atoms with E-state index in [0.29, 0.717) is 43.5 Å². The van der Waals surface area contributed by atoms with Crippen LogP contribution in [0.3, 0.4) is 0 Å². The minimum absolute atomic E-state index is 0.144. The molecular formula is C22H26N8O2. The molecule has 10 nitrogen and oxygen atoms in total. The highest BCUT2D eigenvalue weighted by molar-refractivity contribution is 6.00. The molecule has 4 N–H and O–H groups in total. The van der Waals surface area contributed by atoms with Crippen molar-refractivity contribution in [1.29, 1.82) is 0 Å². The summed E-state index contributed by atoms with van der Waals surface area (Å²) in [6.07, 6.45) is 1.73. The number of hydrogen-bond donors (Lipinski definition) is 4. The Morgan fingerprint density at radius 2 is 2.09 bits per heavy atom. The number of aromatic amines is 1. The number of carbonyl (C=O) groups excluding carboxylic acids is 1. The summed E-state index contributed by atoms with van der Waals surface area (Å²) in [5, 5.41) is 10.5. The van der Waals surface area contributed by atoms with Crippen LogP contribution in [0.1, 0.15) is 21.6 Å². The first-order chi connectivity index (χ1) is 15.7. The number of H-pyrrole nitrogens is 1. The standard InChI is InChI=1S/C22H26N8O2/c1-14-3-2-4-15(9-14)11-24-29-22-27-17-10-18(21(31)25-16-12-23-13-16)26-19(17)20(28-22)30-5-7-32-8-6-30/h2-4,9-11,16,23,26H,5-8,12-13H2,1H3,(H,25,31)(H,27,28,29)/b24-11+. The molecule has 2 aliphatic rings. The van der Waals surface area contributed by atoms with Crippen molar-refractivity contribution in [3.63, 3.8) is 0 Å². The van der Waals surface area contributed by atoms with Crippen LogP contribution in [-0.2, 0) is 4.74 Å². The number of ether oxygens (including phenoxy) is 1. The van der Waals surface area contributed by atoms with Gasteiger partial charge in [0.05, 0.1) is 31.0 Å². The highest BCUT2D eigenvalue weighted by Crippen LogP contribution is 2.26. The highest BCUT2D eigenvalue weighted by atomic mass is 16.5. The number of hydrazone groups is 1. The van der Waals surface area contributed by atoms with Crippen LogP contribution in [0.5, 0.6) is 0 Å². The average Bonchev–Trinajstić information content (AvgIpc) is 3.21. The van der Waals surface area contributed by atoms with Gasteiger partial charge in [0, 0.05) is 26.2 Å². The third-order valence-corrected chi connectivity index (χ3v) is 5.55. The first kappa shape index (κ1) is 20.4. The summed E-state index contributed by atoms with van der Waals surface area (Å²) in [5.74, 6) is 0.961. The van der Waals surface area contributed by atoms with Gasteiger partial charge in [-0.2, -0.15) is 10.1 Å². The van der Waals surface area contributed by atoms with Gasteiger partial charge in [0.15, 0.2) is 5.82 Å². The highest BCUT2D eigenvalue weighted by Gasteiger charge is 2.23. The minimum Gasteiger partial charge on any atom is -0.378 e. The third kappa shape index (κ3) is 4.41. The van der Waals surface area contributed by atoms with Gasteiger partial charge in [-0.3, -0.25) is 4.79 Å². The molecule has 2 fully saturated rings. The lowest BCUT2D eigenvalue weighted by Crippen LogP contribution is -2.56. The molecule has 2 aliphatic heterocycles. The van der Waals surface area contributed by atoms with Crippen molar-refractivity contribution in [2.75, 3.05) is 49.7 Å². The first-order valence-electron chi connectivity index (χ1n) is 10.8. The number of aromatic nitrogens is 3. The van der Waals surface area contributed by atoms with E-state index >= 15 is 0 Å². The smallest absolute Gasteiger partial charge is 0.268 e. The maximum absolute atomic E-state index is 12.7. The summed E-state index contributed by atoms with van der Waals surface area (Å²) in [4.78, 5) is 27.3. The lowest BCUT2D eigenvalue weighted by atomic mass is 10.2. The number of nitrogens with zero attached hydrogens (tertiary/aromatic N) is 4. The van der Waals surface area contributed by atoms with Crippen LogP contribution in [0, 0.1) is 6.92 Å². The molecule has 0 spiro atoms. The van der Waals surface area contributed by atoms with Crippen LogP contribution in [-0.4, -0.2) is 72.5 Å². The normalized spacial score (nSPS) is 17.0. The largest absolute Gasteiger partial charge is 0.378 e. The van der Waals surface area contributed by atoms with E-state index in [9.17, 15) is 4.79 Å². The Kier molecular flexibility index (Phi) is 5.70. The van der Waals surface area contributed by atoms with E-state index in [1.165, 1.54) is 0 Å². The van der Waals surface area contributed by atoms with Crippen LogP contribution in [0.2, 0.25) is 0 Å². The van der Waals surface area contributed by atoms with Crippen LogP contribution in [0.15, 0.2) is 35.4 Å². The van der Waals surface area contributed by atoms with E-state index in [0.717, 1.165) is 35.6 Å². The summed E-state index contributed by atoms with van der Waals surface area (Å²) < 4.78 is 5.49. The SMILES string of the molecule is Cc1cccc(/C=N/Nc2nc(N3CCOCC3)c3[nH]c(C(=O)NC4CNC4)cc3n2)c1. The van der Waals surface area contributed by atoms with Gasteiger partial charge in [-0.25, -0.2) is 10.4 Å². The number of benzene rings is 1. The van der Waals surface area contributed by atoms with E-state index in [2.05, 4.69) is 36.0 Å². The van der Waals surface area contributed by atoms with E-state index in [4.69, 9.17) is 9.72 Å². The van der Waals surface area contributed by atoms with Crippen molar-refractivity contribution in [3.05, 3.63) is 47.2 Å². The number of aryl methyl sites for hydroxylation is 1. The topological polar surface area (TPSA) is 120 Å². The lowest BCUT2D eigenvalue weighted by molar-refractivity contribution is 0.0919. The zero-order valence-corrected chi connectivity index (χ0v) is 17.9. The Labute approximate surface area is 185 Å². The molecule has 1 aromatic carbocycles. The van der Waals surface area contributed by atoms with Gasteiger partial charge < -0.3 is 25.3 Å². The van der Waals surface area contributed by atoms with Crippen LogP contribution in [0.4, 0.5) is 11.8 Å². The van der Waals surface area contributed by atoms with Gasteiger partial charge in [0.25, 0.3) is 5.91 Å². The van der Waals surface area contributed by atoms with Gasteiger partial charge in [-0.15, -0.1) is 0 Å². The predicted octanol–water partition coefficient (Wildman–Crippen LogP) is 1.25. The number of nitrogens with one attached hydrogen (secondary N) is 4. The molecule has 0 aliphatic carbocycles. The number of fused-ring (bicyclic) bond motifs is 1. The van der Waals surface area contributed by atoms with Gasteiger partial charge in [-0.05, 0) is 18.6 Å². The second-order valence-electron chi connectivity index (χ2n) is 8.03. The van der Waals surface area contributed by atoms with Crippen molar-refractivity contribution >= 4 is 34.9 Å². The van der Waals surface area contributed by atoms with Crippen molar-refractivity contribution in [3.8, 4) is 0 Å². The van der Waals surface area contributed by atoms with Gasteiger partial charge in [0.1, 0.15) is 11.2 Å². The Balaban J connectivity index is 1.43. The molecule has 5 rings (SSSR count). The zero-order chi connectivity index (χ0) is 21.9. The van der Waals surface area contributed by atoms with Crippen molar-refractivity contribution in [2.45, 2.75) is 13.0 Å². The molecule has 0 atom stereocenters. The molecule has 32 heavy (non-hydrogen) atoms. The van der Waals surface area contributed by atoms with E-state index in [-0.39, 0.29) is 11.9 Å². The summed E-state index contributed by atoms with van der Waals surface area (Å²) in [6, 6.07) is 9.97. The quantitative estimate of drug-likeness (QED) is 0.340. The average molecular weight is 435 g/mol. The van der Waals surface area contributed by atoms with Crippen LogP contribution >= 0.6 is 0 Å². The number of carbonyl (C=O) groups is 1. The van der Waals surface area contributed by atoms with E-state index in [1.807, 2.05) is 31.2 Å². The molecule has 0 radical (unpaired) electrons. The molecule has 4 heterocycles. The van der Waals surface area contributed by atoms with Crippen molar-refractivity contribution in [2.24, 2.45) is 5.10 Å². The third-order valence-electron chi connectivity index (χ3n) is 5.55. The number of morpholine rings is 1. The second kappa shape index (κ2) is 8.93. The van der Waals surface area contributed by atoms with Gasteiger partial charge >= 0.3 is 0 Å². The Bertz CT molecular complexity index is 1150. The monoisotopic (exact) mass is 434 g/mol. The number of rotatable bonds is 6. The maximum atomic E-state index is 12.7. The number of anilines is 2. The molecular weight excluding hydrogens is 408 g/mol. The zero-order valence-electron chi connectivity index (χ0n) is 17.9. The van der Waals surface area contributed by atoms with Gasteiger partial charge in [0.2, 0.25) is 5.95 Å². The molecule has 3 aromatic rings. The van der Waals surface area contributed by atoms with Crippen LogP contribution < -0.4 is 21.0 Å². The summed E-state index contributed by atoms with van der Waals surface area (Å²) in [5.41, 5.74) is 6.95. The molecule has 10 heteroatoms. The fourth-order valence-electron chi connectivity index (χ4n) is 3.74. The molecule has 0 unspecified atom stereocenters. The number of amides is 1. The summed E-state index contributed by atoms with van der Waals surface area (Å²) in [7, 11) is 0. The second-order valence-corrected chi connectivity index (χ2v) is 8.03. The summed E-state index contributed by atoms with van der Waals surface area (Å²) >= 11 is 0. The fraction of sp³-hybridized carbons (Fsp3) is 0.364. The van der Waals surface area contributed by atoms with Crippen molar-refractivity contribution < 1.29 is 9.53 Å². The Morgan fingerprint density at radius 3 is 2.84 bits per heavy atom. The molecule has 2 saturated heterocycles.